The van der Waals surface area contributed by atoms with Gasteiger partial charge < -0.3 is 9.47 Å². The second kappa shape index (κ2) is 6.94. The van der Waals surface area contributed by atoms with Gasteiger partial charge in [0, 0.05) is 0 Å². The lowest BCUT2D eigenvalue weighted by molar-refractivity contribution is -0.139. The van der Waals surface area contributed by atoms with Crippen LogP contribution in [0.3, 0.4) is 0 Å². The molecule has 0 spiro atoms. The molecule has 0 heterocycles. The minimum Gasteiger partial charge on any atom is -0.490 e. The molecule has 0 saturated heterocycles. The van der Waals surface area contributed by atoms with Crippen molar-refractivity contribution in [2.45, 2.75) is 40.7 Å². The number of benzene rings is 1. The summed E-state index contributed by atoms with van der Waals surface area (Å²) in [5.74, 6) is 1.21. The summed E-state index contributed by atoms with van der Waals surface area (Å²) < 4.78 is 11.7. The highest BCUT2D eigenvalue weighted by Crippen LogP contribution is 2.30. The number of hydrogen-bond donors (Lipinski definition) is 0. The Balaban J connectivity index is 2.76. The Morgan fingerprint density at radius 1 is 1.16 bits per heavy atom. The molecule has 1 aromatic carbocycles. The SMILES string of the molecule is CC(C)Oc1ccc(OC(=O)C(C)C(C)C)cc1Br. The molecular weight excluding hydrogens is 308 g/mol. The Hall–Kier alpha value is -1.03. The van der Waals surface area contributed by atoms with Crippen LogP contribution in [0.2, 0.25) is 0 Å². The van der Waals surface area contributed by atoms with Crippen LogP contribution in [0, 0.1) is 11.8 Å². The van der Waals surface area contributed by atoms with Crippen LogP contribution >= 0.6 is 15.9 Å². The third kappa shape index (κ3) is 4.86. The molecule has 0 saturated carbocycles. The molecule has 1 atom stereocenters. The molecule has 1 rings (SSSR count). The lowest BCUT2D eigenvalue weighted by atomic mass is 9.99. The van der Waals surface area contributed by atoms with Crippen molar-refractivity contribution in [2.24, 2.45) is 11.8 Å². The molecule has 0 radical (unpaired) electrons. The molecule has 0 aromatic heterocycles. The Kier molecular flexibility index (Phi) is 5.85. The van der Waals surface area contributed by atoms with Gasteiger partial charge in [0.1, 0.15) is 11.5 Å². The molecule has 0 aliphatic carbocycles. The van der Waals surface area contributed by atoms with Gasteiger partial charge in [0.2, 0.25) is 0 Å². The minimum atomic E-state index is -0.209. The van der Waals surface area contributed by atoms with Crippen molar-refractivity contribution in [1.29, 1.82) is 0 Å². The molecule has 1 aromatic rings. The van der Waals surface area contributed by atoms with E-state index in [4.69, 9.17) is 9.47 Å². The summed E-state index contributed by atoms with van der Waals surface area (Å²) in [5, 5.41) is 0. The molecule has 1 unspecified atom stereocenters. The first-order chi connectivity index (χ1) is 8.81. The van der Waals surface area contributed by atoms with Crippen LogP contribution in [0.4, 0.5) is 0 Å². The molecule has 4 heteroatoms. The summed E-state index contributed by atoms with van der Waals surface area (Å²) in [7, 11) is 0. The number of ether oxygens (including phenoxy) is 2. The van der Waals surface area contributed by atoms with Gasteiger partial charge in [-0.3, -0.25) is 4.79 Å². The molecule has 0 amide bonds. The van der Waals surface area contributed by atoms with Gasteiger partial charge in [0.25, 0.3) is 0 Å². The summed E-state index contributed by atoms with van der Waals surface area (Å²) in [6.45, 7) is 9.80. The number of hydrogen-bond acceptors (Lipinski definition) is 3. The molecule has 0 bridgehead atoms. The zero-order valence-corrected chi connectivity index (χ0v) is 13.7. The fourth-order valence-corrected chi connectivity index (χ4v) is 1.83. The summed E-state index contributed by atoms with van der Waals surface area (Å²) in [5.41, 5.74) is 0. The van der Waals surface area contributed by atoms with Gasteiger partial charge in [-0.2, -0.15) is 0 Å². The van der Waals surface area contributed by atoms with E-state index in [2.05, 4.69) is 15.9 Å². The average molecular weight is 329 g/mol. The normalized spacial score (nSPS) is 12.6. The van der Waals surface area contributed by atoms with Crippen molar-refractivity contribution in [3.63, 3.8) is 0 Å². The number of esters is 1. The van der Waals surface area contributed by atoms with Crippen LogP contribution in [0.5, 0.6) is 11.5 Å². The average Bonchev–Trinajstić information content (AvgIpc) is 2.31. The standard InChI is InChI=1S/C15H21BrO3/c1-9(2)11(5)15(17)19-12-6-7-14(13(16)8-12)18-10(3)4/h6-11H,1-5H3. The maximum absolute atomic E-state index is 11.9. The number of halogens is 1. The Morgan fingerprint density at radius 2 is 1.79 bits per heavy atom. The van der Waals surface area contributed by atoms with Crippen LogP contribution in [0.15, 0.2) is 22.7 Å². The summed E-state index contributed by atoms with van der Waals surface area (Å²) in [6.07, 6.45) is 0.102. The van der Waals surface area contributed by atoms with E-state index in [0.29, 0.717) is 5.75 Å². The van der Waals surface area contributed by atoms with Crippen LogP contribution in [-0.4, -0.2) is 12.1 Å². The van der Waals surface area contributed by atoms with E-state index in [1.165, 1.54) is 0 Å². The van der Waals surface area contributed by atoms with E-state index < -0.39 is 0 Å². The quantitative estimate of drug-likeness (QED) is 0.592. The largest absolute Gasteiger partial charge is 0.490 e. The zero-order valence-electron chi connectivity index (χ0n) is 12.1. The third-order valence-electron chi connectivity index (χ3n) is 2.86. The molecule has 3 nitrogen and oxygen atoms in total. The van der Waals surface area contributed by atoms with E-state index in [0.717, 1.165) is 10.2 Å². The monoisotopic (exact) mass is 328 g/mol. The highest BCUT2D eigenvalue weighted by atomic mass is 79.9. The summed E-state index contributed by atoms with van der Waals surface area (Å²) in [6, 6.07) is 5.29. The molecular formula is C15H21BrO3. The van der Waals surface area contributed by atoms with Gasteiger partial charge >= 0.3 is 5.97 Å². The molecule has 0 N–H and O–H groups in total. The zero-order chi connectivity index (χ0) is 14.6. The van der Waals surface area contributed by atoms with Crippen molar-refractivity contribution in [3.8, 4) is 11.5 Å². The second-order valence-electron chi connectivity index (χ2n) is 5.21. The maximum atomic E-state index is 11.9. The van der Waals surface area contributed by atoms with Crippen molar-refractivity contribution < 1.29 is 14.3 Å². The highest BCUT2D eigenvalue weighted by Gasteiger charge is 2.19. The maximum Gasteiger partial charge on any atom is 0.314 e. The van der Waals surface area contributed by atoms with Crippen molar-refractivity contribution >= 4 is 21.9 Å². The first kappa shape index (κ1) is 16.0. The Labute approximate surface area is 123 Å². The van der Waals surface area contributed by atoms with Gasteiger partial charge in [-0.25, -0.2) is 0 Å². The van der Waals surface area contributed by atoms with E-state index in [9.17, 15) is 4.79 Å². The number of carbonyl (C=O) groups is 1. The van der Waals surface area contributed by atoms with Crippen LogP contribution in [-0.2, 0) is 4.79 Å². The van der Waals surface area contributed by atoms with Crippen LogP contribution in [0.25, 0.3) is 0 Å². The predicted octanol–water partition coefficient (Wildman–Crippen LogP) is 4.43. The molecule has 106 valence electrons. The first-order valence-electron chi connectivity index (χ1n) is 6.49. The fraction of sp³-hybridized carbons (Fsp3) is 0.533. The fourth-order valence-electron chi connectivity index (χ4n) is 1.38. The minimum absolute atomic E-state index is 0.102. The van der Waals surface area contributed by atoms with Gasteiger partial charge in [0.15, 0.2) is 0 Å². The van der Waals surface area contributed by atoms with E-state index >= 15 is 0 Å². The van der Waals surface area contributed by atoms with Gasteiger partial charge in [-0.15, -0.1) is 0 Å². The molecule has 0 fully saturated rings. The Morgan fingerprint density at radius 3 is 2.26 bits per heavy atom. The van der Waals surface area contributed by atoms with Crippen molar-refractivity contribution in [1.82, 2.24) is 0 Å². The molecule has 0 aliphatic rings. The first-order valence-corrected chi connectivity index (χ1v) is 7.28. The lowest BCUT2D eigenvalue weighted by Gasteiger charge is -2.15. The summed E-state index contributed by atoms with van der Waals surface area (Å²) in [4.78, 5) is 11.9. The predicted molar refractivity (Wildman–Crippen MR) is 79.5 cm³/mol. The van der Waals surface area contributed by atoms with Crippen LogP contribution < -0.4 is 9.47 Å². The van der Waals surface area contributed by atoms with E-state index in [-0.39, 0.29) is 23.9 Å². The second-order valence-corrected chi connectivity index (χ2v) is 6.07. The van der Waals surface area contributed by atoms with Gasteiger partial charge in [0.05, 0.1) is 16.5 Å². The topological polar surface area (TPSA) is 35.5 Å². The smallest absolute Gasteiger partial charge is 0.314 e. The highest BCUT2D eigenvalue weighted by molar-refractivity contribution is 9.10. The van der Waals surface area contributed by atoms with Gasteiger partial charge in [-0.1, -0.05) is 20.8 Å². The number of carbonyl (C=O) groups excluding carboxylic acids is 1. The van der Waals surface area contributed by atoms with Crippen LogP contribution in [0.1, 0.15) is 34.6 Å². The van der Waals surface area contributed by atoms with Gasteiger partial charge in [-0.05, 0) is 53.9 Å². The van der Waals surface area contributed by atoms with Crippen molar-refractivity contribution in [3.05, 3.63) is 22.7 Å². The third-order valence-corrected chi connectivity index (χ3v) is 3.48. The van der Waals surface area contributed by atoms with E-state index in [1.807, 2.05) is 34.6 Å². The van der Waals surface area contributed by atoms with E-state index in [1.54, 1.807) is 18.2 Å². The molecule has 19 heavy (non-hydrogen) atoms. The van der Waals surface area contributed by atoms with Crippen molar-refractivity contribution in [2.75, 3.05) is 0 Å². The number of rotatable bonds is 5. The molecule has 0 aliphatic heterocycles. The lowest BCUT2D eigenvalue weighted by Crippen LogP contribution is -2.22. The summed E-state index contributed by atoms with van der Waals surface area (Å²) >= 11 is 3.42. The Bertz CT molecular complexity index is 441.